The molecule has 1 aliphatic rings. The molecule has 0 saturated heterocycles. The number of nitrogens with one attached hydrogen (secondary N) is 1. The Morgan fingerprint density at radius 1 is 1.00 bits per heavy atom. The Kier molecular flexibility index (Phi) is 4.77. The van der Waals surface area contributed by atoms with Crippen molar-refractivity contribution in [2.75, 3.05) is 11.9 Å². The molecule has 0 radical (unpaired) electrons. The molecule has 0 heterocycles. The first-order valence-electron chi connectivity index (χ1n) is 6.50. The predicted octanol–water partition coefficient (Wildman–Crippen LogP) is 4.49. The van der Waals surface area contributed by atoms with Crippen LogP contribution in [0.2, 0.25) is 10.0 Å². The van der Waals surface area contributed by atoms with Gasteiger partial charge in [-0.25, -0.2) is 0 Å². The normalized spacial score (nSPS) is 19.3. The first-order chi connectivity index (χ1) is 8.57. The lowest BCUT2D eigenvalue weighted by Gasteiger charge is -2.27. The van der Waals surface area contributed by atoms with Crippen LogP contribution >= 0.6 is 23.2 Å². The van der Waals surface area contributed by atoms with Crippen LogP contribution in [0.1, 0.15) is 38.5 Å². The minimum Gasteiger partial charge on any atom is -0.388 e. The van der Waals surface area contributed by atoms with Gasteiger partial charge in [-0.3, -0.25) is 0 Å². The van der Waals surface area contributed by atoms with Gasteiger partial charge in [-0.1, -0.05) is 48.9 Å². The number of aliphatic hydroxyl groups is 1. The molecule has 18 heavy (non-hydrogen) atoms. The van der Waals surface area contributed by atoms with Gasteiger partial charge in [-0.2, -0.15) is 0 Å². The van der Waals surface area contributed by atoms with Crippen LogP contribution in [0, 0.1) is 0 Å². The van der Waals surface area contributed by atoms with E-state index < -0.39 is 5.60 Å². The highest BCUT2D eigenvalue weighted by molar-refractivity contribution is 6.35. The molecular weight excluding hydrogens is 269 g/mol. The van der Waals surface area contributed by atoms with Gasteiger partial charge >= 0.3 is 0 Å². The molecule has 0 aromatic heterocycles. The van der Waals surface area contributed by atoms with Crippen LogP contribution in [0.3, 0.4) is 0 Å². The summed E-state index contributed by atoms with van der Waals surface area (Å²) < 4.78 is 0. The van der Waals surface area contributed by atoms with E-state index >= 15 is 0 Å². The number of hydrogen-bond donors (Lipinski definition) is 2. The van der Waals surface area contributed by atoms with Gasteiger partial charge in [0.05, 0.1) is 5.60 Å². The summed E-state index contributed by atoms with van der Waals surface area (Å²) in [5, 5.41) is 15.0. The minimum atomic E-state index is -0.592. The summed E-state index contributed by atoms with van der Waals surface area (Å²) in [5.74, 6) is 0. The Labute approximate surface area is 118 Å². The fourth-order valence-corrected chi connectivity index (χ4v) is 3.01. The number of benzene rings is 1. The van der Waals surface area contributed by atoms with Crippen molar-refractivity contribution in [2.45, 2.75) is 44.1 Å². The molecule has 0 bridgehead atoms. The molecular formula is C14H19Cl2NO. The van der Waals surface area contributed by atoms with Crippen LogP contribution in [0.15, 0.2) is 18.2 Å². The standard InChI is InChI=1S/C14H19Cl2NO/c15-11-7-12(16)9-13(8-11)17-10-14(18)5-3-1-2-4-6-14/h7-9,17-18H,1-6,10H2. The second-order valence-corrected chi connectivity index (χ2v) is 6.02. The third-order valence-corrected chi connectivity index (χ3v) is 3.95. The lowest BCUT2D eigenvalue weighted by molar-refractivity contribution is 0.0381. The molecule has 2 N–H and O–H groups in total. The monoisotopic (exact) mass is 287 g/mol. The zero-order chi connectivity index (χ0) is 13.0. The smallest absolute Gasteiger partial charge is 0.0819 e. The second kappa shape index (κ2) is 6.14. The van der Waals surface area contributed by atoms with Gasteiger partial charge in [-0.15, -0.1) is 0 Å². The first-order valence-corrected chi connectivity index (χ1v) is 7.25. The zero-order valence-corrected chi connectivity index (χ0v) is 11.9. The highest BCUT2D eigenvalue weighted by Crippen LogP contribution is 2.28. The Balaban J connectivity index is 1.97. The van der Waals surface area contributed by atoms with Gasteiger partial charge in [0.2, 0.25) is 0 Å². The predicted molar refractivity (Wildman–Crippen MR) is 77.6 cm³/mol. The Morgan fingerprint density at radius 2 is 1.56 bits per heavy atom. The lowest BCUT2D eigenvalue weighted by atomic mass is 9.94. The van der Waals surface area contributed by atoms with Crippen molar-refractivity contribution in [1.29, 1.82) is 0 Å². The topological polar surface area (TPSA) is 32.3 Å². The van der Waals surface area contributed by atoms with Crippen molar-refractivity contribution < 1.29 is 5.11 Å². The first kappa shape index (κ1) is 14.0. The van der Waals surface area contributed by atoms with Gasteiger partial charge in [0, 0.05) is 22.3 Å². The highest BCUT2D eigenvalue weighted by Gasteiger charge is 2.27. The van der Waals surface area contributed by atoms with E-state index in [0.717, 1.165) is 31.4 Å². The maximum absolute atomic E-state index is 10.5. The van der Waals surface area contributed by atoms with Gasteiger partial charge in [0.15, 0.2) is 0 Å². The van der Waals surface area contributed by atoms with Crippen molar-refractivity contribution >= 4 is 28.9 Å². The molecule has 1 aromatic carbocycles. The van der Waals surface area contributed by atoms with Gasteiger partial charge in [0.1, 0.15) is 0 Å². The van der Waals surface area contributed by atoms with Crippen LogP contribution in [-0.4, -0.2) is 17.3 Å². The van der Waals surface area contributed by atoms with E-state index in [2.05, 4.69) is 5.32 Å². The van der Waals surface area contributed by atoms with Gasteiger partial charge in [0.25, 0.3) is 0 Å². The molecule has 0 spiro atoms. The van der Waals surface area contributed by atoms with Crippen molar-refractivity contribution in [3.63, 3.8) is 0 Å². The van der Waals surface area contributed by atoms with Crippen LogP contribution in [0.4, 0.5) is 5.69 Å². The van der Waals surface area contributed by atoms with Crippen molar-refractivity contribution in [3.05, 3.63) is 28.2 Å². The third kappa shape index (κ3) is 4.04. The molecule has 0 amide bonds. The van der Waals surface area contributed by atoms with E-state index in [4.69, 9.17) is 23.2 Å². The summed E-state index contributed by atoms with van der Waals surface area (Å²) in [6.07, 6.45) is 6.40. The van der Waals surface area contributed by atoms with Crippen LogP contribution in [0.5, 0.6) is 0 Å². The van der Waals surface area contributed by atoms with Crippen molar-refractivity contribution in [3.8, 4) is 0 Å². The molecule has 0 aliphatic heterocycles. The Hall–Kier alpha value is -0.440. The molecule has 1 saturated carbocycles. The molecule has 100 valence electrons. The number of halogens is 2. The van der Waals surface area contributed by atoms with Crippen LogP contribution in [-0.2, 0) is 0 Å². The Bertz CT molecular complexity index is 381. The molecule has 0 atom stereocenters. The quantitative estimate of drug-likeness (QED) is 0.803. The molecule has 4 heteroatoms. The van der Waals surface area contributed by atoms with Crippen molar-refractivity contribution in [1.82, 2.24) is 0 Å². The maximum Gasteiger partial charge on any atom is 0.0819 e. The summed E-state index contributed by atoms with van der Waals surface area (Å²) in [6, 6.07) is 5.36. The third-order valence-electron chi connectivity index (χ3n) is 3.52. The molecule has 0 unspecified atom stereocenters. The second-order valence-electron chi connectivity index (χ2n) is 5.15. The fraction of sp³-hybridized carbons (Fsp3) is 0.571. The number of hydrogen-bond acceptors (Lipinski definition) is 2. The van der Waals surface area contributed by atoms with E-state index in [-0.39, 0.29) is 0 Å². The summed E-state index contributed by atoms with van der Waals surface area (Å²) in [4.78, 5) is 0. The maximum atomic E-state index is 10.5. The fourth-order valence-electron chi connectivity index (χ4n) is 2.49. The van der Waals surface area contributed by atoms with Crippen LogP contribution in [0.25, 0.3) is 0 Å². The number of rotatable bonds is 3. The van der Waals surface area contributed by atoms with E-state index in [9.17, 15) is 5.11 Å². The summed E-state index contributed by atoms with van der Waals surface area (Å²) in [7, 11) is 0. The largest absolute Gasteiger partial charge is 0.388 e. The highest BCUT2D eigenvalue weighted by atomic mass is 35.5. The molecule has 1 aromatic rings. The van der Waals surface area contributed by atoms with Gasteiger partial charge < -0.3 is 10.4 Å². The van der Waals surface area contributed by atoms with Gasteiger partial charge in [-0.05, 0) is 31.0 Å². The van der Waals surface area contributed by atoms with E-state index in [0.29, 0.717) is 16.6 Å². The summed E-state index contributed by atoms with van der Waals surface area (Å²) in [6.45, 7) is 0.559. The van der Waals surface area contributed by atoms with Crippen molar-refractivity contribution in [2.24, 2.45) is 0 Å². The average Bonchev–Trinajstić information content (AvgIpc) is 2.51. The molecule has 1 aliphatic carbocycles. The SMILES string of the molecule is OC1(CNc2cc(Cl)cc(Cl)c2)CCCCCC1. The zero-order valence-electron chi connectivity index (χ0n) is 10.4. The minimum absolute atomic E-state index is 0.559. The van der Waals surface area contributed by atoms with E-state index in [1.165, 1.54) is 12.8 Å². The molecule has 2 rings (SSSR count). The van der Waals surface area contributed by atoms with E-state index in [1.807, 2.05) is 12.1 Å². The molecule has 1 fully saturated rings. The van der Waals surface area contributed by atoms with E-state index in [1.54, 1.807) is 6.07 Å². The molecule has 2 nitrogen and oxygen atoms in total. The summed E-state index contributed by atoms with van der Waals surface area (Å²) >= 11 is 11.9. The lowest BCUT2D eigenvalue weighted by Crippen LogP contribution is -2.36. The number of anilines is 1. The average molecular weight is 288 g/mol. The van der Waals surface area contributed by atoms with Crippen LogP contribution < -0.4 is 5.32 Å². The Morgan fingerprint density at radius 3 is 2.11 bits per heavy atom. The summed E-state index contributed by atoms with van der Waals surface area (Å²) in [5.41, 5.74) is 0.274.